The zero-order valence-corrected chi connectivity index (χ0v) is 10.3. The lowest BCUT2D eigenvalue weighted by Crippen LogP contribution is -2.32. The van der Waals surface area contributed by atoms with E-state index in [9.17, 15) is 4.79 Å². The maximum Gasteiger partial charge on any atom is 0.133 e. The maximum atomic E-state index is 11.5. The Kier molecular flexibility index (Phi) is 4.79. The van der Waals surface area contributed by atoms with Crippen molar-refractivity contribution >= 4 is 5.78 Å². The number of carbonyl (C=O) groups excluding carboxylic acids is 1. The zero-order chi connectivity index (χ0) is 11.4. The van der Waals surface area contributed by atoms with Crippen LogP contribution in [0.3, 0.4) is 0 Å². The largest absolute Gasteiger partial charge is 0.326 e. The predicted octanol–water partition coefficient (Wildman–Crippen LogP) is 2.90. The molecule has 0 rings (SSSR count). The summed E-state index contributed by atoms with van der Waals surface area (Å²) < 4.78 is 0. The maximum absolute atomic E-state index is 11.5. The average Bonchev–Trinajstić information content (AvgIpc) is 1.94. The van der Waals surface area contributed by atoms with Gasteiger partial charge in [0, 0.05) is 18.4 Å². The van der Waals surface area contributed by atoms with Crippen molar-refractivity contribution in [1.29, 1.82) is 0 Å². The lowest BCUT2D eigenvalue weighted by atomic mass is 9.88. The van der Waals surface area contributed by atoms with Gasteiger partial charge in [-0.05, 0) is 32.1 Å². The number of ketones is 1. The number of rotatable bonds is 5. The molecule has 0 atom stereocenters. The quantitative estimate of drug-likeness (QED) is 0.740. The van der Waals surface area contributed by atoms with Crippen LogP contribution in [0.2, 0.25) is 0 Å². The molecule has 0 aliphatic heterocycles. The van der Waals surface area contributed by atoms with E-state index in [1.165, 1.54) is 0 Å². The van der Waals surface area contributed by atoms with Gasteiger partial charge in [0.25, 0.3) is 0 Å². The summed E-state index contributed by atoms with van der Waals surface area (Å²) in [6.07, 6.45) is 3.08. The van der Waals surface area contributed by atoms with Crippen LogP contribution in [0.5, 0.6) is 0 Å². The van der Waals surface area contributed by atoms with Gasteiger partial charge in [-0.3, -0.25) is 4.79 Å². The van der Waals surface area contributed by atoms with Crippen molar-refractivity contribution in [2.75, 3.05) is 0 Å². The Balaban J connectivity index is 3.68. The molecule has 14 heavy (non-hydrogen) atoms. The van der Waals surface area contributed by atoms with E-state index in [1.54, 1.807) is 0 Å². The van der Waals surface area contributed by atoms with E-state index in [-0.39, 0.29) is 11.0 Å². The van der Waals surface area contributed by atoms with E-state index in [1.807, 2.05) is 13.8 Å². The molecule has 2 nitrogen and oxygen atoms in total. The van der Waals surface area contributed by atoms with E-state index in [0.717, 1.165) is 12.8 Å². The Morgan fingerprint density at radius 3 is 1.79 bits per heavy atom. The van der Waals surface area contributed by atoms with Gasteiger partial charge in [-0.1, -0.05) is 20.8 Å². The summed E-state index contributed by atoms with van der Waals surface area (Å²) in [5.74, 6) is 0.346. The molecule has 0 amide bonds. The van der Waals surface area contributed by atoms with Gasteiger partial charge in [-0.25, -0.2) is 0 Å². The van der Waals surface area contributed by atoms with Crippen molar-refractivity contribution in [3.05, 3.63) is 0 Å². The normalized spacial score (nSPS) is 13.0. The summed E-state index contributed by atoms with van der Waals surface area (Å²) >= 11 is 0. The topological polar surface area (TPSA) is 43.1 Å². The second-order valence-corrected chi connectivity index (χ2v) is 6.09. The van der Waals surface area contributed by atoms with Crippen molar-refractivity contribution in [3.8, 4) is 0 Å². The highest BCUT2D eigenvalue weighted by Crippen LogP contribution is 2.21. The summed E-state index contributed by atoms with van der Waals surface area (Å²) in [5.41, 5.74) is 5.86. The van der Waals surface area contributed by atoms with Crippen molar-refractivity contribution in [1.82, 2.24) is 0 Å². The van der Waals surface area contributed by atoms with Gasteiger partial charge < -0.3 is 5.73 Å². The monoisotopic (exact) mass is 199 g/mol. The van der Waals surface area contributed by atoms with Crippen LogP contribution >= 0.6 is 0 Å². The van der Waals surface area contributed by atoms with E-state index in [2.05, 4.69) is 20.8 Å². The van der Waals surface area contributed by atoms with E-state index < -0.39 is 0 Å². The Morgan fingerprint density at radius 2 is 1.43 bits per heavy atom. The third kappa shape index (κ3) is 9.72. The molecule has 0 aromatic carbocycles. The summed E-state index contributed by atoms with van der Waals surface area (Å²) in [7, 11) is 0. The molecule has 0 aromatic heterocycles. The van der Waals surface area contributed by atoms with Crippen molar-refractivity contribution < 1.29 is 4.79 Å². The van der Waals surface area contributed by atoms with Crippen molar-refractivity contribution in [2.24, 2.45) is 11.1 Å². The predicted molar refractivity (Wildman–Crippen MR) is 61.2 cm³/mol. The number of carbonyl (C=O) groups is 1. The first-order chi connectivity index (χ1) is 6.10. The van der Waals surface area contributed by atoms with Crippen LogP contribution in [0.15, 0.2) is 0 Å². The molecule has 0 saturated heterocycles. The first-order valence-electron chi connectivity index (χ1n) is 5.41. The van der Waals surface area contributed by atoms with Crippen LogP contribution in [0.25, 0.3) is 0 Å². The molecule has 0 radical (unpaired) electrons. The number of Topliss-reactive ketones (excluding diaryl/α,β-unsaturated/α-hetero) is 1. The zero-order valence-electron chi connectivity index (χ0n) is 10.3. The van der Waals surface area contributed by atoms with Gasteiger partial charge >= 0.3 is 0 Å². The molecule has 0 fully saturated rings. The molecule has 0 aliphatic carbocycles. The molecule has 0 bridgehead atoms. The minimum atomic E-state index is -0.211. The van der Waals surface area contributed by atoms with E-state index in [0.29, 0.717) is 18.6 Å². The Labute approximate surface area is 88.3 Å². The molecule has 0 unspecified atom stereocenters. The fourth-order valence-corrected chi connectivity index (χ4v) is 1.10. The minimum Gasteiger partial charge on any atom is -0.326 e. The highest BCUT2D eigenvalue weighted by atomic mass is 16.1. The van der Waals surface area contributed by atoms with Crippen LogP contribution in [0.1, 0.15) is 60.3 Å². The first-order valence-corrected chi connectivity index (χ1v) is 5.41. The molecule has 0 aliphatic rings. The standard InChI is InChI=1S/C12H25NO/c1-11(2,3)8-6-10(14)7-9-12(4,5)13/h6-9,13H2,1-5H3. The molecule has 84 valence electrons. The Hall–Kier alpha value is -0.370. The van der Waals surface area contributed by atoms with Gasteiger partial charge in [0.2, 0.25) is 0 Å². The molecule has 2 N–H and O–H groups in total. The molecular formula is C12H25NO. The molecule has 0 saturated carbocycles. The van der Waals surface area contributed by atoms with Gasteiger partial charge in [-0.15, -0.1) is 0 Å². The smallest absolute Gasteiger partial charge is 0.133 e. The first kappa shape index (κ1) is 13.6. The molecule has 0 spiro atoms. The van der Waals surface area contributed by atoms with Crippen LogP contribution in [0, 0.1) is 5.41 Å². The Morgan fingerprint density at radius 1 is 1.00 bits per heavy atom. The van der Waals surface area contributed by atoms with Gasteiger partial charge in [0.05, 0.1) is 0 Å². The average molecular weight is 199 g/mol. The lowest BCUT2D eigenvalue weighted by molar-refractivity contribution is -0.119. The molecule has 0 aromatic rings. The Bertz CT molecular complexity index is 163. The molecular weight excluding hydrogens is 174 g/mol. The van der Waals surface area contributed by atoms with Crippen LogP contribution in [-0.2, 0) is 4.79 Å². The fourth-order valence-electron chi connectivity index (χ4n) is 1.10. The second kappa shape index (κ2) is 4.92. The van der Waals surface area contributed by atoms with Crippen LogP contribution in [0.4, 0.5) is 0 Å². The summed E-state index contributed by atoms with van der Waals surface area (Å²) in [4.78, 5) is 11.5. The summed E-state index contributed by atoms with van der Waals surface area (Å²) in [6.45, 7) is 10.4. The van der Waals surface area contributed by atoms with Crippen molar-refractivity contribution in [3.63, 3.8) is 0 Å². The highest BCUT2D eigenvalue weighted by Gasteiger charge is 2.16. The number of hydrogen-bond acceptors (Lipinski definition) is 2. The van der Waals surface area contributed by atoms with Gasteiger partial charge in [0.1, 0.15) is 5.78 Å². The molecule has 0 heterocycles. The van der Waals surface area contributed by atoms with E-state index >= 15 is 0 Å². The third-order valence-corrected chi connectivity index (χ3v) is 2.20. The van der Waals surface area contributed by atoms with Crippen molar-refractivity contribution in [2.45, 2.75) is 65.8 Å². The summed E-state index contributed by atoms with van der Waals surface area (Å²) in [5, 5.41) is 0. The van der Waals surface area contributed by atoms with Gasteiger partial charge in [0.15, 0.2) is 0 Å². The van der Waals surface area contributed by atoms with Gasteiger partial charge in [-0.2, -0.15) is 0 Å². The van der Waals surface area contributed by atoms with Crippen LogP contribution < -0.4 is 5.73 Å². The molecule has 2 heteroatoms. The second-order valence-electron chi connectivity index (χ2n) is 6.09. The summed E-state index contributed by atoms with van der Waals surface area (Å²) in [6, 6.07) is 0. The van der Waals surface area contributed by atoms with E-state index in [4.69, 9.17) is 5.73 Å². The minimum absolute atomic E-state index is 0.211. The van der Waals surface area contributed by atoms with Crippen LogP contribution in [-0.4, -0.2) is 11.3 Å². The highest BCUT2D eigenvalue weighted by molar-refractivity contribution is 5.78. The lowest BCUT2D eigenvalue weighted by Gasteiger charge is -2.19. The number of nitrogens with two attached hydrogens (primary N) is 1. The fraction of sp³-hybridized carbons (Fsp3) is 0.917. The number of hydrogen-bond donors (Lipinski definition) is 1. The SMILES string of the molecule is CC(C)(C)CCC(=O)CCC(C)(C)N. The third-order valence-electron chi connectivity index (χ3n) is 2.20.